The van der Waals surface area contributed by atoms with Gasteiger partial charge in [-0.1, -0.05) is 25.1 Å². The normalized spacial score (nSPS) is 31.6. The Morgan fingerprint density at radius 2 is 1.90 bits per heavy atom. The van der Waals surface area contributed by atoms with E-state index in [-0.39, 0.29) is 18.1 Å². The number of nitrogens with zero attached hydrogens (tertiary/aromatic N) is 1. The van der Waals surface area contributed by atoms with Gasteiger partial charge in [0.15, 0.2) is 0 Å². The maximum absolute atomic E-state index is 10.7. The van der Waals surface area contributed by atoms with Crippen molar-refractivity contribution < 1.29 is 9.84 Å². The van der Waals surface area contributed by atoms with Crippen molar-refractivity contribution in [3.63, 3.8) is 0 Å². The minimum atomic E-state index is -0.526. The summed E-state index contributed by atoms with van der Waals surface area (Å²) in [5, 5.41) is 11.8. The summed E-state index contributed by atoms with van der Waals surface area (Å²) in [6.45, 7) is 6.27. The van der Waals surface area contributed by atoms with Gasteiger partial charge in [0, 0.05) is 17.5 Å². The number of fused-ring (bicyclic) bond motifs is 1. The van der Waals surface area contributed by atoms with Crippen molar-refractivity contribution in [1.29, 1.82) is 0 Å². The molecular weight excluding hydrogens is 250 g/mol. The summed E-state index contributed by atoms with van der Waals surface area (Å²) in [6, 6.07) is 10.0. The van der Waals surface area contributed by atoms with E-state index in [1.807, 2.05) is 37.3 Å². The predicted octanol–water partition coefficient (Wildman–Crippen LogP) is 3.33. The van der Waals surface area contributed by atoms with E-state index in [0.29, 0.717) is 5.92 Å². The van der Waals surface area contributed by atoms with Crippen LogP contribution in [0.15, 0.2) is 36.5 Å². The van der Waals surface area contributed by atoms with Gasteiger partial charge in [0.25, 0.3) is 0 Å². The van der Waals surface area contributed by atoms with Crippen LogP contribution in [0.3, 0.4) is 0 Å². The molecule has 1 aliphatic heterocycles. The van der Waals surface area contributed by atoms with Gasteiger partial charge in [-0.3, -0.25) is 4.98 Å². The Labute approximate surface area is 119 Å². The van der Waals surface area contributed by atoms with Crippen molar-refractivity contribution >= 4 is 10.9 Å². The molecule has 106 valence electrons. The molecule has 0 amide bonds. The molecule has 3 nitrogen and oxygen atoms in total. The second-order valence-electron chi connectivity index (χ2n) is 5.89. The Kier molecular flexibility index (Phi) is 3.48. The van der Waals surface area contributed by atoms with E-state index in [2.05, 4.69) is 18.8 Å². The van der Waals surface area contributed by atoms with Gasteiger partial charge < -0.3 is 9.84 Å². The van der Waals surface area contributed by atoms with Crippen molar-refractivity contribution in [3.05, 3.63) is 42.1 Å². The Hall–Kier alpha value is -1.45. The van der Waals surface area contributed by atoms with Crippen molar-refractivity contribution in [2.24, 2.45) is 11.8 Å². The molecule has 5 unspecified atom stereocenters. The van der Waals surface area contributed by atoms with Crippen LogP contribution in [0.25, 0.3) is 10.9 Å². The van der Waals surface area contributed by atoms with Gasteiger partial charge in [-0.05, 0) is 37.5 Å². The van der Waals surface area contributed by atoms with Gasteiger partial charge in [-0.25, -0.2) is 0 Å². The maximum atomic E-state index is 10.7. The minimum Gasteiger partial charge on any atom is -0.388 e. The molecule has 3 rings (SSSR count). The van der Waals surface area contributed by atoms with E-state index in [1.54, 1.807) is 6.20 Å². The van der Waals surface area contributed by atoms with E-state index >= 15 is 0 Å². The van der Waals surface area contributed by atoms with Gasteiger partial charge in [-0.15, -0.1) is 0 Å². The second kappa shape index (κ2) is 5.15. The molecule has 2 heterocycles. The van der Waals surface area contributed by atoms with E-state index in [9.17, 15) is 5.11 Å². The van der Waals surface area contributed by atoms with Crippen LogP contribution in [-0.2, 0) is 4.74 Å². The lowest BCUT2D eigenvalue weighted by molar-refractivity contribution is 0.0231. The third kappa shape index (κ3) is 2.21. The minimum absolute atomic E-state index is 0.0708. The molecule has 5 atom stereocenters. The van der Waals surface area contributed by atoms with Gasteiger partial charge in [0.05, 0.1) is 23.8 Å². The lowest BCUT2D eigenvalue weighted by Gasteiger charge is -2.25. The number of aliphatic hydroxyl groups is 1. The summed E-state index contributed by atoms with van der Waals surface area (Å²) in [5.41, 5.74) is 1.84. The van der Waals surface area contributed by atoms with Gasteiger partial charge >= 0.3 is 0 Å². The number of benzene rings is 1. The van der Waals surface area contributed by atoms with Gasteiger partial charge in [0.2, 0.25) is 0 Å². The fourth-order valence-corrected chi connectivity index (χ4v) is 3.31. The summed E-state index contributed by atoms with van der Waals surface area (Å²) in [7, 11) is 0. The molecule has 3 heteroatoms. The molecule has 1 N–H and O–H groups in total. The first-order valence-corrected chi connectivity index (χ1v) is 7.26. The summed E-state index contributed by atoms with van der Waals surface area (Å²) in [6.07, 6.45) is 1.52. The van der Waals surface area contributed by atoms with Gasteiger partial charge in [0.1, 0.15) is 0 Å². The molecule has 1 aliphatic rings. The standard InChI is InChI=1S/C17H21NO2/c1-10-11(2)20-12(3)16(10)17(19)14-8-13-6-4-5-7-15(13)18-9-14/h4-12,16-17,19H,1-3H3. The molecule has 1 fully saturated rings. The predicted molar refractivity (Wildman–Crippen MR) is 79.4 cm³/mol. The lowest BCUT2D eigenvalue weighted by atomic mass is 9.82. The molecule has 0 bridgehead atoms. The van der Waals surface area contributed by atoms with E-state index in [4.69, 9.17) is 4.74 Å². The zero-order valence-electron chi connectivity index (χ0n) is 12.2. The molecule has 20 heavy (non-hydrogen) atoms. The molecule has 0 spiro atoms. The summed E-state index contributed by atoms with van der Waals surface area (Å²) in [4.78, 5) is 4.44. The number of para-hydroxylation sites is 1. The molecule has 1 aromatic carbocycles. The zero-order valence-corrected chi connectivity index (χ0v) is 12.2. The van der Waals surface area contributed by atoms with Crippen molar-refractivity contribution in [1.82, 2.24) is 4.98 Å². The number of ether oxygens (including phenoxy) is 1. The Morgan fingerprint density at radius 1 is 1.15 bits per heavy atom. The van der Waals surface area contributed by atoms with Crippen LogP contribution in [0, 0.1) is 11.8 Å². The van der Waals surface area contributed by atoms with Crippen molar-refractivity contribution in [2.45, 2.75) is 39.1 Å². The molecule has 2 aromatic rings. The summed E-state index contributed by atoms with van der Waals surface area (Å²) >= 11 is 0. The second-order valence-corrected chi connectivity index (χ2v) is 5.89. The van der Waals surface area contributed by atoms with Crippen LogP contribution in [0.4, 0.5) is 0 Å². The van der Waals surface area contributed by atoms with E-state index in [1.165, 1.54) is 0 Å². The SMILES string of the molecule is CC1OC(C)C(C(O)c2cnc3ccccc3c2)C1C. The Balaban J connectivity index is 1.94. The number of rotatable bonds is 2. The smallest absolute Gasteiger partial charge is 0.0861 e. The largest absolute Gasteiger partial charge is 0.388 e. The number of hydrogen-bond donors (Lipinski definition) is 1. The van der Waals surface area contributed by atoms with E-state index < -0.39 is 6.10 Å². The monoisotopic (exact) mass is 271 g/mol. The number of hydrogen-bond acceptors (Lipinski definition) is 3. The van der Waals surface area contributed by atoms with Crippen molar-refractivity contribution in [2.75, 3.05) is 0 Å². The fourth-order valence-electron chi connectivity index (χ4n) is 3.31. The van der Waals surface area contributed by atoms with Crippen LogP contribution >= 0.6 is 0 Å². The summed E-state index contributed by atoms with van der Waals surface area (Å²) in [5.74, 6) is 0.458. The third-order valence-corrected chi connectivity index (χ3v) is 4.64. The molecule has 1 saturated heterocycles. The number of aliphatic hydroxyl groups excluding tert-OH is 1. The van der Waals surface area contributed by atoms with Crippen LogP contribution in [0.5, 0.6) is 0 Å². The molecule has 0 radical (unpaired) electrons. The first kappa shape index (κ1) is 13.5. The average molecular weight is 271 g/mol. The Morgan fingerprint density at radius 3 is 2.60 bits per heavy atom. The highest BCUT2D eigenvalue weighted by molar-refractivity contribution is 5.78. The summed E-state index contributed by atoms with van der Waals surface area (Å²) < 4.78 is 5.84. The third-order valence-electron chi connectivity index (χ3n) is 4.64. The highest BCUT2D eigenvalue weighted by atomic mass is 16.5. The first-order valence-electron chi connectivity index (χ1n) is 7.26. The lowest BCUT2D eigenvalue weighted by Crippen LogP contribution is -2.25. The molecule has 1 aromatic heterocycles. The molecular formula is C17H21NO2. The highest BCUT2D eigenvalue weighted by Gasteiger charge is 2.41. The molecule has 0 saturated carbocycles. The average Bonchev–Trinajstić information content (AvgIpc) is 2.71. The first-order chi connectivity index (χ1) is 9.58. The van der Waals surface area contributed by atoms with Crippen molar-refractivity contribution in [3.8, 4) is 0 Å². The quantitative estimate of drug-likeness (QED) is 0.911. The zero-order chi connectivity index (χ0) is 14.3. The van der Waals surface area contributed by atoms with Gasteiger partial charge in [-0.2, -0.15) is 0 Å². The number of pyridine rings is 1. The molecule has 0 aliphatic carbocycles. The maximum Gasteiger partial charge on any atom is 0.0861 e. The fraction of sp³-hybridized carbons (Fsp3) is 0.471. The van der Waals surface area contributed by atoms with Crippen LogP contribution in [-0.4, -0.2) is 22.3 Å². The van der Waals surface area contributed by atoms with E-state index in [0.717, 1.165) is 16.5 Å². The van der Waals surface area contributed by atoms with Crippen LogP contribution < -0.4 is 0 Å². The highest BCUT2D eigenvalue weighted by Crippen LogP contribution is 2.40. The van der Waals surface area contributed by atoms with Crippen LogP contribution in [0.2, 0.25) is 0 Å². The Bertz CT molecular complexity index is 613. The van der Waals surface area contributed by atoms with Crippen LogP contribution in [0.1, 0.15) is 32.4 Å². The topological polar surface area (TPSA) is 42.4 Å². The number of aromatic nitrogens is 1.